The number of carbonyl (C=O) groups excluding carboxylic acids is 1. The summed E-state index contributed by atoms with van der Waals surface area (Å²) in [6, 6.07) is 0.227. The molecule has 0 radical (unpaired) electrons. The maximum absolute atomic E-state index is 12.2. The molecule has 0 aromatic rings. The monoisotopic (exact) mass is 268 g/mol. The Morgan fingerprint density at radius 1 is 1.16 bits per heavy atom. The van der Waals surface area contributed by atoms with E-state index in [4.69, 9.17) is 5.11 Å². The van der Waals surface area contributed by atoms with Crippen molar-refractivity contribution in [2.45, 2.75) is 45.1 Å². The van der Waals surface area contributed by atoms with E-state index >= 15 is 0 Å². The third-order valence-electron chi connectivity index (χ3n) is 4.55. The highest BCUT2D eigenvalue weighted by Crippen LogP contribution is 2.32. The summed E-state index contributed by atoms with van der Waals surface area (Å²) in [5.41, 5.74) is 0. The van der Waals surface area contributed by atoms with Crippen molar-refractivity contribution in [2.75, 3.05) is 19.6 Å². The molecule has 2 atom stereocenters. The van der Waals surface area contributed by atoms with E-state index in [-0.39, 0.29) is 17.9 Å². The molecule has 1 heterocycles. The van der Waals surface area contributed by atoms with Gasteiger partial charge in [-0.15, -0.1) is 0 Å². The minimum Gasteiger partial charge on any atom is -0.481 e. The van der Waals surface area contributed by atoms with Crippen LogP contribution in [0.1, 0.15) is 39.0 Å². The highest BCUT2D eigenvalue weighted by atomic mass is 16.4. The number of nitrogens with one attached hydrogen (secondary N) is 1. The number of hydrogen-bond acceptors (Lipinski definition) is 3. The molecule has 5 heteroatoms. The van der Waals surface area contributed by atoms with E-state index in [1.54, 1.807) is 0 Å². The molecule has 1 aliphatic heterocycles. The van der Waals surface area contributed by atoms with Gasteiger partial charge >= 0.3 is 5.97 Å². The van der Waals surface area contributed by atoms with Gasteiger partial charge in [0.15, 0.2) is 0 Å². The van der Waals surface area contributed by atoms with Crippen molar-refractivity contribution in [3.63, 3.8) is 0 Å². The summed E-state index contributed by atoms with van der Waals surface area (Å²) in [6.07, 6.45) is 4.16. The van der Waals surface area contributed by atoms with Crippen molar-refractivity contribution in [2.24, 2.45) is 11.8 Å². The number of carboxylic acids is 1. The number of amides is 1. The molecule has 0 aromatic carbocycles. The highest BCUT2D eigenvalue weighted by Gasteiger charge is 2.38. The smallest absolute Gasteiger partial charge is 0.307 e. The summed E-state index contributed by atoms with van der Waals surface area (Å²) in [4.78, 5) is 25.7. The maximum Gasteiger partial charge on any atom is 0.307 e. The zero-order chi connectivity index (χ0) is 13.8. The first-order valence-corrected chi connectivity index (χ1v) is 7.37. The molecule has 0 unspecified atom stereocenters. The predicted molar refractivity (Wildman–Crippen MR) is 71.7 cm³/mol. The first-order valence-electron chi connectivity index (χ1n) is 7.37. The van der Waals surface area contributed by atoms with Crippen molar-refractivity contribution in [3.05, 3.63) is 0 Å². The molecule has 1 saturated heterocycles. The van der Waals surface area contributed by atoms with Crippen molar-refractivity contribution in [3.8, 4) is 0 Å². The van der Waals surface area contributed by atoms with Crippen LogP contribution in [-0.4, -0.2) is 47.6 Å². The number of rotatable bonds is 4. The SMILES string of the molecule is CCN1CCC(NC(=O)[C@@H]2CCC[C@@H]2C(=O)O)CC1. The molecule has 19 heavy (non-hydrogen) atoms. The molecule has 2 N–H and O–H groups in total. The van der Waals surface area contributed by atoms with Crippen molar-refractivity contribution in [1.82, 2.24) is 10.2 Å². The average Bonchev–Trinajstić information content (AvgIpc) is 2.89. The van der Waals surface area contributed by atoms with Crippen LogP contribution in [0.4, 0.5) is 0 Å². The quantitative estimate of drug-likeness (QED) is 0.800. The van der Waals surface area contributed by atoms with E-state index in [0.717, 1.165) is 45.3 Å². The van der Waals surface area contributed by atoms with Gasteiger partial charge in [0.2, 0.25) is 5.91 Å². The zero-order valence-corrected chi connectivity index (χ0v) is 11.6. The fraction of sp³-hybridized carbons (Fsp3) is 0.857. The summed E-state index contributed by atoms with van der Waals surface area (Å²) >= 11 is 0. The van der Waals surface area contributed by atoms with E-state index in [0.29, 0.717) is 6.42 Å². The van der Waals surface area contributed by atoms with Crippen LogP contribution in [0, 0.1) is 11.8 Å². The lowest BCUT2D eigenvalue weighted by Crippen LogP contribution is -2.47. The molecule has 1 aliphatic carbocycles. The van der Waals surface area contributed by atoms with Gasteiger partial charge in [-0.3, -0.25) is 9.59 Å². The Kier molecular flexibility index (Phi) is 4.80. The molecule has 108 valence electrons. The summed E-state index contributed by atoms with van der Waals surface area (Å²) in [7, 11) is 0. The van der Waals surface area contributed by atoms with E-state index in [9.17, 15) is 9.59 Å². The Labute approximate surface area is 114 Å². The van der Waals surface area contributed by atoms with Gasteiger partial charge in [-0.05, 0) is 32.2 Å². The molecular weight excluding hydrogens is 244 g/mol. The molecule has 1 amide bonds. The van der Waals surface area contributed by atoms with Gasteiger partial charge in [0, 0.05) is 19.1 Å². The molecule has 2 rings (SSSR count). The molecule has 0 aromatic heterocycles. The lowest BCUT2D eigenvalue weighted by atomic mass is 9.94. The van der Waals surface area contributed by atoms with Crippen LogP contribution in [0.5, 0.6) is 0 Å². The lowest BCUT2D eigenvalue weighted by molar-refractivity contribution is -0.146. The number of likely N-dealkylation sites (tertiary alicyclic amines) is 1. The molecule has 5 nitrogen and oxygen atoms in total. The highest BCUT2D eigenvalue weighted by molar-refractivity contribution is 5.85. The van der Waals surface area contributed by atoms with Gasteiger partial charge < -0.3 is 15.3 Å². The summed E-state index contributed by atoms with van der Waals surface area (Å²) in [6.45, 7) is 5.25. The second-order valence-electron chi connectivity index (χ2n) is 5.70. The second-order valence-corrected chi connectivity index (χ2v) is 5.70. The fourth-order valence-corrected chi connectivity index (χ4v) is 3.27. The Hall–Kier alpha value is -1.10. The van der Waals surface area contributed by atoms with Crippen LogP contribution < -0.4 is 5.32 Å². The Morgan fingerprint density at radius 3 is 2.37 bits per heavy atom. The third kappa shape index (κ3) is 3.47. The normalized spacial score (nSPS) is 29.3. The number of carbonyl (C=O) groups is 2. The van der Waals surface area contributed by atoms with Crippen LogP contribution >= 0.6 is 0 Å². The van der Waals surface area contributed by atoms with Crippen LogP contribution in [0.3, 0.4) is 0 Å². The molecular formula is C14H24N2O3. The number of carboxylic acid groups (broad SMARTS) is 1. The van der Waals surface area contributed by atoms with Crippen molar-refractivity contribution >= 4 is 11.9 Å². The molecule has 1 saturated carbocycles. The average molecular weight is 268 g/mol. The molecule has 2 aliphatic rings. The third-order valence-corrected chi connectivity index (χ3v) is 4.55. The van der Waals surface area contributed by atoms with E-state index in [1.807, 2.05) is 0 Å². The predicted octanol–water partition coefficient (Wildman–Crippen LogP) is 1.09. The van der Waals surface area contributed by atoms with Crippen LogP contribution in [0.2, 0.25) is 0 Å². The minimum atomic E-state index is -0.821. The topological polar surface area (TPSA) is 69.6 Å². The van der Waals surface area contributed by atoms with Crippen molar-refractivity contribution < 1.29 is 14.7 Å². The van der Waals surface area contributed by atoms with Gasteiger partial charge in [0.05, 0.1) is 11.8 Å². The number of nitrogens with zero attached hydrogens (tertiary/aromatic N) is 1. The molecule has 0 bridgehead atoms. The van der Waals surface area contributed by atoms with E-state index < -0.39 is 11.9 Å². The zero-order valence-electron chi connectivity index (χ0n) is 11.6. The minimum absolute atomic E-state index is 0.0418. The van der Waals surface area contributed by atoms with Crippen LogP contribution in [-0.2, 0) is 9.59 Å². The number of piperidine rings is 1. The van der Waals surface area contributed by atoms with Crippen LogP contribution in [0.15, 0.2) is 0 Å². The maximum atomic E-state index is 12.2. The van der Waals surface area contributed by atoms with E-state index in [1.165, 1.54) is 0 Å². The van der Waals surface area contributed by atoms with Gasteiger partial charge in [-0.1, -0.05) is 13.3 Å². The fourth-order valence-electron chi connectivity index (χ4n) is 3.27. The molecule has 0 spiro atoms. The lowest BCUT2D eigenvalue weighted by Gasteiger charge is -2.32. The summed E-state index contributed by atoms with van der Waals surface area (Å²) in [5, 5.41) is 12.2. The molecule has 2 fully saturated rings. The summed E-state index contributed by atoms with van der Waals surface area (Å²) in [5.74, 6) is -1.66. The van der Waals surface area contributed by atoms with Gasteiger partial charge in [0.1, 0.15) is 0 Å². The number of hydrogen-bond donors (Lipinski definition) is 2. The first kappa shape index (κ1) is 14.3. The Bertz CT molecular complexity index is 338. The second kappa shape index (κ2) is 6.37. The van der Waals surface area contributed by atoms with Gasteiger partial charge in [0.25, 0.3) is 0 Å². The van der Waals surface area contributed by atoms with Crippen LogP contribution in [0.25, 0.3) is 0 Å². The van der Waals surface area contributed by atoms with E-state index in [2.05, 4.69) is 17.1 Å². The van der Waals surface area contributed by atoms with Gasteiger partial charge in [-0.25, -0.2) is 0 Å². The largest absolute Gasteiger partial charge is 0.481 e. The first-order chi connectivity index (χ1) is 9.11. The Morgan fingerprint density at radius 2 is 1.79 bits per heavy atom. The number of aliphatic carboxylic acids is 1. The van der Waals surface area contributed by atoms with Gasteiger partial charge in [-0.2, -0.15) is 0 Å². The Balaban J connectivity index is 1.82. The van der Waals surface area contributed by atoms with Crippen molar-refractivity contribution in [1.29, 1.82) is 0 Å². The summed E-state index contributed by atoms with van der Waals surface area (Å²) < 4.78 is 0. The standard InChI is InChI=1S/C14H24N2O3/c1-2-16-8-6-10(7-9-16)15-13(17)11-4-3-5-12(11)14(18)19/h10-12H,2-9H2,1H3,(H,15,17)(H,18,19)/t11-,12+/m1/s1.